The lowest BCUT2D eigenvalue weighted by Crippen LogP contribution is -2.30. The van der Waals surface area contributed by atoms with Gasteiger partial charge >= 0.3 is 17.9 Å². The van der Waals surface area contributed by atoms with Crippen LogP contribution in [0.25, 0.3) is 0 Å². The first-order valence-electron chi connectivity index (χ1n) is 29.8. The molecule has 0 saturated heterocycles. The average Bonchev–Trinajstić information content (AvgIpc) is 3.35. The molecule has 0 spiro atoms. The van der Waals surface area contributed by atoms with Crippen LogP contribution in [0.3, 0.4) is 0 Å². The highest BCUT2D eigenvalue weighted by molar-refractivity contribution is 5.71. The largest absolute Gasteiger partial charge is 0.462 e. The number of unbranched alkanes of at least 4 members (excludes halogenated alkanes) is 35. The van der Waals surface area contributed by atoms with E-state index < -0.39 is 6.10 Å². The first kappa shape index (κ1) is 66.1. The van der Waals surface area contributed by atoms with Gasteiger partial charge in [0, 0.05) is 19.3 Å². The Balaban J connectivity index is 4.42. The summed E-state index contributed by atoms with van der Waals surface area (Å²) in [6.07, 6.45) is 72.1. The molecule has 0 saturated carbocycles. The molecule has 0 aliphatic heterocycles. The fourth-order valence-corrected chi connectivity index (χ4v) is 8.49. The van der Waals surface area contributed by atoms with Crippen LogP contribution in [0.1, 0.15) is 303 Å². The first-order valence-corrected chi connectivity index (χ1v) is 29.8. The van der Waals surface area contributed by atoms with Crippen molar-refractivity contribution < 1.29 is 28.6 Å². The van der Waals surface area contributed by atoms with Crippen molar-refractivity contribution in [3.05, 3.63) is 60.8 Å². The molecule has 0 bridgehead atoms. The van der Waals surface area contributed by atoms with Crippen molar-refractivity contribution in [2.24, 2.45) is 0 Å². The van der Waals surface area contributed by atoms with Crippen molar-refractivity contribution in [1.29, 1.82) is 0 Å². The SMILES string of the molecule is CCCCCC/C=C\CCCCCCCCCC(=O)OCC(COC(=O)CCCCCCC\C=C/C=C\C=C/CCCCCCC)OC(=O)CCCCCCC/C=C\CCCCCCCCCCC. The van der Waals surface area contributed by atoms with Gasteiger partial charge in [-0.25, -0.2) is 0 Å². The van der Waals surface area contributed by atoms with Crippen LogP contribution >= 0.6 is 0 Å². The molecule has 1 unspecified atom stereocenters. The second-order valence-electron chi connectivity index (χ2n) is 20.0. The molecule has 69 heavy (non-hydrogen) atoms. The molecule has 0 aliphatic rings. The second kappa shape index (κ2) is 57.7. The Bertz CT molecular complexity index is 1250. The zero-order valence-electron chi connectivity index (χ0n) is 45.8. The topological polar surface area (TPSA) is 78.9 Å². The third kappa shape index (κ3) is 55.9. The standard InChI is InChI=1S/C63H112O6/c1-4-7-10-13-16-19-22-25-28-30-32-35-38-41-44-47-50-53-56-62(65)68-59-60(58-67-61(64)55-52-49-46-43-40-37-34-27-24-21-18-15-12-9-6-3)69-63(66)57-54-51-48-45-42-39-36-33-31-29-26-23-20-17-14-11-8-5-2/h21-22,24-25,28,30,32-33,35-36,60H,4-20,23,26-27,29,31,34,37-59H2,1-3H3/b24-21-,25-22-,30-28-,35-32-,36-33-. The highest BCUT2D eigenvalue weighted by atomic mass is 16.6. The predicted octanol–water partition coefficient (Wildman–Crippen LogP) is 20.0. The predicted molar refractivity (Wildman–Crippen MR) is 298 cm³/mol. The average molecular weight is 966 g/mol. The quantitative estimate of drug-likeness (QED) is 0.0199. The van der Waals surface area contributed by atoms with Gasteiger partial charge in [-0.15, -0.1) is 0 Å². The van der Waals surface area contributed by atoms with Crippen molar-refractivity contribution >= 4 is 17.9 Å². The molecule has 400 valence electrons. The number of carbonyl (C=O) groups is 3. The van der Waals surface area contributed by atoms with Crippen LogP contribution < -0.4 is 0 Å². The van der Waals surface area contributed by atoms with E-state index in [4.69, 9.17) is 14.2 Å². The molecule has 0 radical (unpaired) electrons. The number of hydrogen-bond acceptors (Lipinski definition) is 6. The van der Waals surface area contributed by atoms with Crippen molar-refractivity contribution in [2.75, 3.05) is 13.2 Å². The summed E-state index contributed by atoms with van der Waals surface area (Å²) in [4.78, 5) is 38.2. The zero-order valence-corrected chi connectivity index (χ0v) is 45.8. The lowest BCUT2D eigenvalue weighted by Gasteiger charge is -2.18. The van der Waals surface area contributed by atoms with E-state index in [1.54, 1.807) is 0 Å². The molecule has 6 nitrogen and oxygen atoms in total. The van der Waals surface area contributed by atoms with E-state index in [0.717, 1.165) is 89.9 Å². The molecule has 0 fully saturated rings. The molecule has 0 heterocycles. The molecule has 0 aliphatic carbocycles. The Hall–Kier alpha value is -2.89. The first-order chi connectivity index (χ1) is 34.0. The van der Waals surface area contributed by atoms with Gasteiger partial charge in [-0.3, -0.25) is 14.4 Å². The van der Waals surface area contributed by atoms with Gasteiger partial charge in [-0.05, 0) is 96.3 Å². The van der Waals surface area contributed by atoms with Gasteiger partial charge in [0.25, 0.3) is 0 Å². The van der Waals surface area contributed by atoms with Crippen LogP contribution in [0.4, 0.5) is 0 Å². The van der Waals surface area contributed by atoms with Crippen LogP contribution in [-0.4, -0.2) is 37.2 Å². The second-order valence-corrected chi connectivity index (χ2v) is 20.0. The molecular formula is C63H112O6. The minimum absolute atomic E-state index is 0.0855. The smallest absolute Gasteiger partial charge is 0.306 e. The van der Waals surface area contributed by atoms with E-state index in [0.29, 0.717) is 19.3 Å². The number of carbonyl (C=O) groups excluding carboxylic acids is 3. The molecule has 0 aromatic rings. The lowest BCUT2D eigenvalue weighted by molar-refractivity contribution is -0.167. The highest BCUT2D eigenvalue weighted by Gasteiger charge is 2.19. The summed E-state index contributed by atoms with van der Waals surface area (Å²) in [7, 11) is 0. The van der Waals surface area contributed by atoms with E-state index in [1.165, 1.54) is 173 Å². The molecular weight excluding hydrogens is 853 g/mol. The van der Waals surface area contributed by atoms with Gasteiger partial charge in [-0.2, -0.15) is 0 Å². The van der Waals surface area contributed by atoms with Crippen molar-refractivity contribution in [1.82, 2.24) is 0 Å². The monoisotopic (exact) mass is 965 g/mol. The number of esters is 3. The van der Waals surface area contributed by atoms with E-state index >= 15 is 0 Å². The third-order valence-electron chi connectivity index (χ3n) is 13.0. The van der Waals surface area contributed by atoms with Gasteiger partial charge < -0.3 is 14.2 Å². The van der Waals surface area contributed by atoms with Crippen molar-refractivity contribution in [2.45, 2.75) is 309 Å². The lowest BCUT2D eigenvalue weighted by atomic mass is 10.1. The van der Waals surface area contributed by atoms with Gasteiger partial charge in [-0.1, -0.05) is 248 Å². The molecule has 0 N–H and O–H groups in total. The van der Waals surface area contributed by atoms with E-state index in [1.807, 2.05) is 0 Å². The van der Waals surface area contributed by atoms with Gasteiger partial charge in [0.2, 0.25) is 0 Å². The molecule has 0 rings (SSSR count). The zero-order chi connectivity index (χ0) is 50.0. The highest BCUT2D eigenvalue weighted by Crippen LogP contribution is 2.15. The number of hydrogen-bond donors (Lipinski definition) is 0. The Morgan fingerprint density at radius 2 is 0.536 bits per heavy atom. The summed E-state index contributed by atoms with van der Waals surface area (Å²) in [5.74, 6) is -0.906. The maximum Gasteiger partial charge on any atom is 0.306 e. The van der Waals surface area contributed by atoms with Crippen LogP contribution in [-0.2, 0) is 28.6 Å². The Morgan fingerprint density at radius 1 is 0.290 bits per heavy atom. The summed E-state index contributed by atoms with van der Waals surface area (Å²) < 4.78 is 16.9. The van der Waals surface area contributed by atoms with Gasteiger partial charge in [0.1, 0.15) is 13.2 Å². The minimum Gasteiger partial charge on any atom is -0.462 e. The molecule has 0 aromatic heterocycles. The van der Waals surface area contributed by atoms with Crippen LogP contribution in [0.2, 0.25) is 0 Å². The normalized spacial score (nSPS) is 12.4. The van der Waals surface area contributed by atoms with Gasteiger partial charge in [0.15, 0.2) is 6.10 Å². The summed E-state index contributed by atoms with van der Waals surface area (Å²) >= 11 is 0. The molecule has 1 atom stereocenters. The fraction of sp³-hybridized carbons (Fsp3) is 0.794. The summed E-state index contributed by atoms with van der Waals surface area (Å²) in [5.41, 5.74) is 0. The maximum absolute atomic E-state index is 12.9. The summed E-state index contributed by atoms with van der Waals surface area (Å²) in [5, 5.41) is 0. The maximum atomic E-state index is 12.9. The minimum atomic E-state index is -0.789. The van der Waals surface area contributed by atoms with E-state index in [-0.39, 0.29) is 31.1 Å². The fourth-order valence-electron chi connectivity index (χ4n) is 8.49. The molecule has 6 heteroatoms. The third-order valence-corrected chi connectivity index (χ3v) is 13.0. The molecule has 0 aromatic carbocycles. The van der Waals surface area contributed by atoms with Crippen LogP contribution in [0, 0.1) is 0 Å². The van der Waals surface area contributed by atoms with E-state index in [9.17, 15) is 14.4 Å². The number of allylic oxidation sites excluding steroid dienone is 10. The van der Waals surface area contributed by atoms with E-state index in [2.05, 4.69) is 81.5 Å². The number of ether oxygens (including phenoxy) is 3. The summed E-state index contributed by atoms with van der Waals surface area (Å²) in [6, 6.07) is 0. The van der Waals surface area contributed by atoms with Crippen LogP contribution in [0.5, 0.6) is 0 Å². The Labute approximate surface area is 428 Å². The van der Waals surface area contributed by atoms with Crippen molar-refractivity contribution in [3.8, 4) is 0 Å². The van der Waals surface area contributed by atoms with Crippen LogP contribution in [0.15, 0.2) is 60.8 Å². The Kier molecular flexibility index (Phi) is 55.3. The van der Waals surface area contributed by atoms with Crippen molar-refractivity contribution in [3.63, 3.8) is 0 Å². The van der Waals surface area contributed by atoms with Gasteiger partial charge in [0.05, 0.1) is 0 Å². The molecule has 0 amide bonds. The summed E-state index contributed by atoms with van der Waals surface area (Å²) in [6.45, 7) is 6.61. The Morgan fingerprint density at radius 3 is 0.855 bits per heavy atom. The number of rotatable bonds is 54.